The SMILES string of the molecule is CC(C)c1cc(-c2nccc3cc4c(cc23)CCCC4)ccc1C(C)(C)C1=CCCC=C1. The van der Waals surface area contributed by atoms with E-state index < -0.39 is 0 Å². The van der Waals surface area contributed by atoms with Crippen LogP contribution in [0.25, 0.3) is 22.0 Å². The number of hydrogen-bond acceptors (Lipinski definition) is 1. The van der Waals surface area contributed by atoms with E-state index in [4.69, 9.17) is 4.98 Å². The van der Waals surface area contributed by atoms with Crippen molar-refractivity contribution in [3.63, 3.8) is 0 Å². The molecule has 2 aliphatic carbocycles. The van der Waals surface area contributed by atoms with Crippen LogP contribution in [0.3, 0.4) is 0 Å². The van der Waals surface area contributed by atoms with Crippen LogP contribution in [0.2, 0.25) is 0 Å². The Morgan fingerprint density at radius 1 is 0.906 bits per heavy atom. The summed E-state index contributed by atoms with van der Waals surface area (Å²) in [6, 6.07) is 14.1. The highest BCUT2D eigenvalue weighted by atomic mass is 14.7. The van der Waals surface area contributed by atoms with Crippen molar-refractivity contribution in [2.45, 2.75) is 77.6 Å². The van der Waals surface area contributed by atoms with Crippen LogP contribution in [-0.2, 0) is 18.3 Å². The quantitative estimate of drug-likeness (QED) is 0.412. The van der Waals surface area contributed by atoms with Gasteiger partial charge >= 0.3 is 0 Å². The molecule has 1 aromatic heterocycles. The zero-order valence-electron chi connectivity index (χ0n) is 20.0. The number of aromatic nitrogens is 1. The number of aryl methyl sites for hydroxylation is 2. The number of benzene rings is 2. The van der Waals surface area contributed by atoms with Crippen molar-refractivity contribution >= 4 is 10.8 Å². The molecule has 0 spiro atoms. The van der Waals surface area contributed by atoms with Gasteiger partial charge in [-0.05, 0) is 95.9 Å². The van der Waals surface area contributed by atoms with Crippen LogP contribution in [0.15, 0.2) is 66.4 Å². The molecular formula is C31H35N. The lowest BCUT2D eigenvalue weighted by atomic mass is 9.72. The van der Waals surface area contributed by atoms with Gasteiger partial charge in [0.25, 0.3) is 0 Å². The molecule has 1 nitrogen and oxygen atoms in total. The Kier molecular flexibility index (Phi) is 5.53. The van der Waals surface area contributed by atoms with Crippen molar-refractivity contribution in [2.24, 2.45) is 0 Å². The zero-order chi connectivity index (χ0) is 22.3. The summed E-state index contributed by atoms with van der Waals surface area (Å²) in [6.07, 6.45) is 16.4. The van der Waals surface area contributed by atoms with Gasteiger partial charge in [-0.3, -0.25) is 4.98 Å². The highest BCUT2D eigenvalue weighted by molar-refractivity contribution is 5.95. The molecule has 5 rings (SSSR count). The highest BCUT2D eigenvalue weighted by Crippen LogP contribution is 2.41. The summed E-state index contributed by atoms with van der Waals surface area (Å²) in [7, 11) is 0. The summed E-state index contributed by atoms with van der Waals surface area (Å²) in [5.41, 5.74) is 9.73. The lowest BCUT2D eigenvalue weighted by molar-refractivity contribution is 0.615. The van der Waals surface area contributed by atoms with Crippen LogP contribution in [0.1, 0.15) is 81.5 Å². The van der Waals surface area contributed by atoms with Crippen molar-refractivity contribution < 1.29 is 0 Å². The summed E-state index contributed by atoms with van der Waals surface area (Å²) in [6.45, 7) is 9.38. The first-order valence-corrected chi connectivity index (χ1v) is 12.4. The Morgan fingerprint density at radius 3 is 2.41 bits per heavy atom. The molecule has 164 valence electrons. The molecule has 0 fully saturated rings. The van der Waals surface area contributed by atoms with E-state index in [1.165, 1.54) is 69.8 Å². The summed E-state index contributed by atoms with van der Waals surface area (Å²) in [4.78, 5) is 4.89. The third-order valence-corrected chi connectivity index (χ3v) is 7.56. The second-order valence-corrected chi connectivity index (χ2v) is 10.4. The minimum absolute atomic E-state index is 0.000308. The molecule has 0 unspecified atom stereocenters. The van der Waals surface area contributed by atoms with E-state index in [1.807, 2.05) is 6.20 Å². The lowest BCUT2D eigenvalue weighted by Gasteiger charge is -2.32. The van der Waals surface area contributed by atoms with Crippen molar-refractivity contribution in [1.82, 2.24) is 4.98 Å². The molecule has 2 aliphatic rings. The highest BCUT2D eigenvalue weighted by Gasteiger charge is 2.28. The van der Waals surface area contributed by atoms with E-state index in [0.29, 0.717) is 5.92 Å². The van der Waals surface area contributed by atoms with E-state index in [2.05, 4.69) is 82.3 Å². The maximum absolute atomic E-state index is 4.89. The van der Waals surface area contributed by atoms with Gasteiger partial charge in [0.15, 0.2) is 0 Å². The van der Waals surface area contributed by atoms with Crippen molar-refractivity contribution in [3.8, 4) is 11.3 Å². The van der Waals surface area contributed by atoms with E-state index in [0.717, 1.165) is 18.5 Å². The molecule has 0 bridgehead atoms. The maximum atomic E-state index is 4.89. The van der Waals surface area contributed by atoms with Crippen molar-refractivity contribution in [1.29, 1.82) is 0 Å². The molecule has 0 amide bonds. The van der Waals surface area contributed by atoms with Crippen LogP contribution in [-0.4, -0.2) is 4.98 Å². The molecule has 0 N–H and O–H groups in total. The van der Waals surface area contributed by atoms with Crippen LogP contribution >= 0.6 is 0 Å². The number of allylic oxidation sites excluding steroid dienone is 4. The Labute approximate surface area is 193 Å². The van der Waals surface area contributed by atoms with Gasteiger partial charge in [-0.25, -0.2) is 0 Å². The van der Waals surface area contributed by atoms with Crippen molar-refractivity contribution in [3.05, 3.63) is 88.7 Å². The predicted molar refractivity (Wildman–Crippen MR) is 137 cm³/mol. The second-order valence-electron chi connectivity index (χ2n) is 10.4. The minimum atomic E-state index is 0.000308. The first-order chi connectivity index (χ1) is 15.4. The van der Waals surface area contributed by atoms with Gasteiger partial charge in [0.1, 0.15) is 0 Å². The molecule has 0 atom stereocenters. The number of rotatable bonds is 4. The number of fused-ring (bicyclic) bond motifs is 2. The predicted octanol–water partition coefficient (Wildman–Crippen LogP) is 8.46. The fourth-order valence-electron chi connectivity index (χ4n) is 5.63. The fourth-order valence-corrected chi connectivity index (χ4v) is 5.63. The average Bonchev–Trinajstić information content (AvgIpc) is 2.82. The molecule has 2 aromatic carbocycles. The summed E-state index contributed by atoms with van der Waals surface area (Å²) in [5, 5.41) is 2.62. The molecule has 1 heterocycles. The Hall–Kier alpha value is -2.67. The summed E-state index contributed by atoms with van der Waals surface area (Å²) in [5.74, 6) is 0.458. The number of pyridine rings is 1. The van der Waals surface area contributed by atoms with Gasteiger partial charge in [-0.15, -0.1) is 0 Å². The van der Waals surface area contributed by atoms with Crippen LogP contribution in [0.4, 0.5) is 0 Å². The third kappa shape index (κ3) is 3.72. The maximum Gasteiger partial charge on any atom is 0.0780 e. The molecule has 32 heavy (non-hydrogen) atoms. The molecule has 0 saturated carbocycles. The molecule has 0 aliphatic heterocycles. The minimum Gasteiger partial charge on any atom is -0.256 e. The Balaban J connectivity index is 1.64. The fraction of sp³-hybridized carbons (Fsp3) is 0.387. The van der Waals surface area contributed by atoms with E-state index in [9.17, 15) is 0 Å². The van der Waals surface area contributed by atoms with Crippen LogP contribution in [0.5, 0.6) is 0 Å². The van der Waals surface area contributed by atoms with Crippen LogP contribution < -0.4 is 0 Å². The Bertz CT molecular complexity index is 1220. The number of hydrogen-bond donors (Lipinski definition) is 0. The third-order valence-electron chi connectivity index (χ3n) is 7.56. The van der Waals surface area contributed by atoms with Gasteiger partial charge in [-0.2, -0.15) is 0 Å². The number of nitrogens with zero attached hydrogens (tertiary/aromatic N) is 1. The van der Waals surface area contributed by atoms with Gasteiger partial charge in [-0.1, -0.05) is 64.1 Å². The second kappa shape index (κ2) is 8.35. The molecule has 0 radical (unpaired) electrons. The first-order valence-electron chi connectivity index (χ1n) is 12.4. The van der Waals surface area contributed by atoms with Gasteiger partial charge in [0, 0.05) is 22.6 Å². The van der Waals surface area contributed by atoms with E-state index >= 15 is 0 Å². The topological polar surface area (TPSA) is 12.9 Å². The monoisotopic (exact) mass is 421 g/mol. The van der Waals surface area contributed by atoms with E-state index in [1.54, 1.807) is 0 Å². The molecule has 1 heteroatoms. The Morgan fingerprint density at radius 2 is 1.69 bits per heavy atom. The molecule has 3 aromatic rings. The van der Waals surface area contributed by atoms with Crippen LogP contribution in [0, 0.1) is 0 Å². The largest absolute Gasteiger partial charge is 0.256 e. The van der Waals surface area contributed by atoms with Gasteiger partial charge in [0.05, 0.1) is 5.69 Å². The smallest absolute Gasteiger partial charge is 0.0780 e. The summed E-state index contributed by atoms with van der Waals surface area (Å²) >= 11 is 0. The standard InChI is InChI=1S/C31H35N/c1-21(2)27-20-25(14-15-29(27)31(3,4)26-12-6-5-7-13-26)30-28-19-23-11-9-8-10-22(23)18-24(28)16-17-32-30/h6,12-21H,5,7-11H2,1-4H3. The van der Waals surface area contributed by atoms with Gasteiger partial charge < -0.3 is 0 Å². The zero-order valence-corrected chi connectivity index (χ0v) is 20.0. The normalized spacial score (nSPS) is 16.3. The molecule has 0 saturated heterocycles. The average molecular weight is 422 g/mol. The lowest BCUT2D eigenvalue weighted by Crippen LogP contribution is -2.22. The van der Waals surface area contributed by atoms with Gasteiger partial charge in [0.2, 0.25) is 0 Å². The van der Waals surface area contributed by atoms with Crippen molar-refractivity contribution in [2.75, 3.05) is 0 Å². The van der Waals surface area contributed by atoms with E-state index in [-0.39, 0.29) is 5.41 Å². The summed E-state index contributed by atoms with van der Waals surface area (Å²) < 4.78 is 0. The first kappa shape index (κ1) is 21.2. The molecular weight excluding hydrogens is 386 g/mol.